The Morgan fingerprint density at radius 1 is 1.28 bits per heavy atom. The molecule has 29 heavy (non-hydrogen) atoms. The van der Waals surface area contributed by atoms with E-state index in [-0.39, 0.29) is 31.0 Å². The molecule has 1 atom stereocenters. The highest BCUT2D eigenvalue weighted by Gasteiger charge is 2.42. The van der Waals surface area contributed by atoms with E-state index in [1.165, 1.54) is 13.3 Å². The van der Waals surface area contributed by atoms with Crippen LogP contribution in [-0.4, -0.2) is 56.7 Å². The topological polar surface area (TPSA) is 100 Å². The van der Waals surface area contributed by atoms with Crippen LogP contribution in [0.2, 0.25) is 0 Å². The predicted molar refractivity (Wildman–Crippen MR) is 102 cm³/mol. The molecule has 154 valence electrons. The number of aromatic nitrogens is 3. The lowest BCUT2D eigenvalue weighted by Gasteiger charge is -2.39. The van der Waals surface area contributed by atoms with Crippen LogP contribution in [0.4, 0.5) is 20.4 Å². The Labute approximate surface area is 166 Å². The van der Waals surface area contributed by atoms with E-state index in [1.54, 1.807) is 31.3 Å². The third-order valence-corrected chi connectivity index (χ3v) is 4.67. The van der Waals surface area contributed by atoms with Crippen molar-refractivity contribution in [2.45, 2.75) is 38.7 Å². The zero-order valence-electron chi connectivity index (χ0n) is 16.2. The van der Waals surface area contributed by atoms with Gasteiger partial charge in [0.05, 0.1) is 6.54 Å². The molecule has 0 aliphatic carbocycles. The number of pyridine rings is 1. The lowest BCUT2D eigenvalue weighted by molar-refractivity contribution is -0.119. The maximum absolute atomic E-state index is 14.0. The van der Waals surface area contributed by atoms with Gasteiger partial charge in [-0.15, -0.1) is 0 Å². The third-order valence-electron chi connectivity index (χ3n) is 4.67. The summed E-state index contributed by atoms with van der Waals surface area (Å²) in [6, 6.07) is 4.48. The molecule has 3 heterocycles. The first-order chi connectivity index (χ1) is 13.7. The van der Waals surface area contributed by atoms with Gasteiger partial charge < -0.3 is 15.5 Å². The lowest BCUT2D eigenvalue weighted by Crippen LogP contribution is -2.55. The van der Waals surface area contributed by atoms with Crippen molar-refractivity contribution < 1.29 is 18.4 Å². The van der Waals surface area contributed by atoms with Crippen LogP contribution in [0.5, 0.6) is 0 Å². The van der Waals surface area contributed by atoms with E-state index in [9.17, 15) is 18.4 Å². The Morgan fingerprint density at radius 2 is 2.07 bits per heavy atom. The first-order valence-electron chi connectivity index (χ1n) is 9.19. The highest BCUT2D eigenvalue weighted by Crippen LogP contribution is 2.31. The second-order valence-corrected chi connectivity index (χ2v) is 7.00. The molecular weight excluding hydrogens is 382 g/mol. The Morgan fingerprint density at radius 3 is 2.76 bits per heavy atom. The average molecular weight is 404 g/mol. The number of carbonyl (C=O) groups is 2. The van der Waals surface area contributed by atoms with Gasteiger partial charge in [0.2, 0.25) is 5.91 Å². The molecule has 0 radical (unpaired) electrons. The van der Waals surface area contributed by atoms with E-state index in [0.717, 1.165) is 4.90 Å². The molecule has 1 aliphatic rings. The molecule has 0 aromatic carbocycles. The minimum absolute atomic E-state index is 0.0783. The third kappa shape index (κ3) is 5.21. The number of likely N-dealkylation sites (tertiary alicyclic amines) is 1. The number of hydrogen-bond donors (Lipinski definition) is 2. The van der Waals surface area contributed by atoms with Crippen LogP contribution in [0, 0.1) is 6.92 Å². The van der Waals surface area contributed by atoms with Crippen molar-refractivity contribution in [3.05, 3.63) is 42.0 Å². The largest absolute Gasteiger partial charge is 0.354 e. The van der Waals surface area contributed by atoms with Crippen molar-refractivity contribution >= 4 is 23.5 Å². The van der Waals surface area contributed by atoms with Gasteiger partial charge in [0.15, 0.2) is 0 Å². The van der Waals surface area contributed by atoms with Crippen LogP contribution in [0.3, 0.4) is 0 Å². The van der Waals surface area contributed by atoms with Crippen molar-refractivity contribution in [1.29, 1.82) is 0 Å². The quantitative estimate of drug-likeness (QED) is 0.793. The molecule has 3 rings (SSSR count). The summed E-state index contributed by atoms with van der Waals surface area (Å²) in [5.41, 5.74) is 0.644. The second kappa shape index (κ2) is 8.46. The lowest BCUT2D eigenvalue weighted by atomic mass is 9.98. The fraction of sp³-hybridized carbons (Fsp3) is 0.421. The van der Waals surface area contributed by atoms with E-state index >= 15 is 0 Å². The van der Waals surface area contributed by atoms with E-state index < -0.39 is 24.4 Å². The smallest absolute Gasteiger partial charge is 0.273 e. The molecule has 1 aliphatic heterocycles. The van der Waals surface area contributed by atoms with Crippen molar-refractivity contribution in [3.8, 4) is 0 Å². The van der Waals surface area contributed by atoms with Crippen LogP contribution >= 0.6 is 0 Å². The molecule has 2 aromatic rings. The second-order valence-electron chi connectivity index (χ2n) is 7.00. The average Bonchev–Trinajstić information content (AvgIpc) is 2.68. The number of carbonyl (C=O) groups excluding carboxylic acids is 2. The molecule has 10 heteroatoms. The molecule has 1 fully saturated rings. The highest BCUT2D eigenvalue weighted by atomic mass is 19.3. The van der Waals surface area contributed by atoms with Crippen LogP contribution in [0.1, 0.15) is 35.8 Å². The number of amides is 2. The van der Waals surface area contributed by atoms with Gasteiger partial charge in [-0.3, -0.25) is 9.59 Å². The zero-order chi connectivity index (χ0) is 21.0. The Hall–Kier alpha value is -3.17. The summed E-state index contributed by atoms with van der Waals surface area (Å²) >= 11 is 0. The molecular formula is C19H22F2N6O2. The SMILES string of the molecule is CC(=O)NCC1CCC(F)(F)CN1C(=O)c1nc(Nc2ccncn2)ccc1C. The van der Waals surface area contributed by atoms with Crippen LogP contribution in [0.15, 0.2) is 30.7 Å². The molecule has 1 saturated heterocycles. The molecule has 0 saturated carbocycles. The first kappa shape index (κ1) is 20.6. The first-order valence-corrected chi connectivity index (χ1v) is 9.19. The summed E-state index contributed by atoms with van der Waals surface area (Å²) < 4.78 is 28.1. The number of alkyl halides is 2. The van der Waals surface area contributed by atoms with Gasteiger partial charge in [0, 0.05) is 32.1 Å². The minimum atomic E-state index is -2.98. The van der Waals surface area contributed by atoms with Gasteiger partial charge in [-0.2, -0.15) is 0 Å². The summed E-state index contributed by atoms with van der Waals surface area (Å²) in [5, 5.41) is 5.57. The van der Waals surface area contributed by atoms with Crippen molar-refractivity contribution in [2.24, 2.45) is 0 Å². The summed E-state index contributed by atoms with van der Waals surface area (Å²) in [7, 11) is 0. The molecule has 2 amide bonds. The maximum Gasteiger partial charge on any atom is 0.273 e. The van der Waals surface area contributed by atoms with E-state index in [1.807, 2.05) is 0 Å². The van der Waals surface area contributed by atoms with Gasteiger partial charge >= 0.3 is 0 Å². The van der Waals surface area contributed by atoms with Crippen LogP contribution < -0.4 is 10.6 Å². The predicted octanol–water partition coefficient (Wildman–Crippen LogP) is 2.30. The minimum Gasteiger partial charge on any atom is -0.354 e. The molecule has 0 spiro atoms. The normalized spacial score (nSPS) is 18.2. The Kier molecular flexibility index (Phi) is 6.00. The fourth-order valence-electron chi connectivity index (χ4n) is 3.15. The van der Waals surface area contributed by atoms with Gasteiger partial charge in [0.1, 0.15) is 23.7 Å². The highest BCUT2D eigenvalue weighted by molar-refractivity contribution is 5.94. The molecule has 2 aromatic heterocycles. The van der Waals surface area contributed by atoms with E-state index in [0.29, 0.717) is 17.2 Å². The summed E-state index contributed by atoms with van der Waals surface area (Å²) in [5.74, 6) is -3.00. The molecule has 0 bridgehead atoms. The van der Waals surface area contributed by atoms with Crippen molar-refractivity contribution in [2.75, 3.05) is 18.4 Å². The fourth-order valence-corrected chi connectivity index (χ4v) is 3.15. The number of rotatable bonds is 5. The number of piperidine rings is 1. The summed E-state index contributed by atoms with van der Waals surface area (Å²) in [6.45, 7) is 2.45. The summed E-state index contributed by atoms with van der Waals surface area (Å²) in [4.78, 5) is 37.7. The van der Waals surface area contributed by atoms with Crippen molar-refractivity contribution in [3.63, 3.8) is 0 Å². The molecule has 8 nitrogen and oxygen atoms in total. The molecule has 2 N–H and O–H groups in total. The van der Waals surface area contributed by atoms with E-state index in [4.69, 9.17) is 0 Å². The number of aryl methyl sites for hydroxylation is 1. The number of halogens is 2. The van der Waals surface area contributed by atoms with Crippen molar-refractivity contribution in [1.82, 2.24) is 25.2 Å². The van der Waals surface area contributed by atoms with Crippen LogP contribution in [-0.2, 0) is 4.79 Å². The number of nitrogens with zero attached hydrogens (tertiary/aromatic N) is 4. The van der Waals surface area contributed by atoms with E-state index in [2.05, 4.69) is 25.6 Å². The van der Waals surface area contributed by atoms with Gasteiger partial charge in [-0.25, -0.2) is 23.7 Å². The van der Waals surface area contributed by atoms with Gasteiger partial charge in [-0.05, 0) is 31.0 Å². The number of nitrogens with one attached hydrogen (secondary N) is 2. The van der Waals surface area contributed by atoms with Gasteiger partial charge in [-0.1, -0.05) is 6.07 Å². The number of hydrogen-bond acceptors (Lipinski definition) is 6. The summed E-state index contributed by atoms with van der Waals surface area (Å²) in [6.07, 6.45) is 2.68. The Bertz CT molecular complexity index is 894. The van der Waals surface area contributed by atoms with Gasteiger partial charge in [0.25, 0.3) is 11.8 Å². The zero-order valence-corrected chi connectivity index (χ0v) is 16.2. The van der Waals surface area contributed by atoms with Crippen LogP contribution in [0.25, 0.3) is 0 Å². The Balaban J connectivity index is 1.85. The number of anilines is 2. The molecule has 1 unspecified atom stereocenters. The maximum atomic E-state index is 14.0. The monoisotopic (exact) mass is 404 g/mol. The standard InChI is InChI=1S/C19H22F2N6O2/c1-12-3-4-16(25-15-6-8-22-11-24-15)26-17(12)18(29)27-10-19(20,21)7-5-14(27)9-23-13(2)28/h3-4,6,8,11,14H,5,7,9-10H2,1-2H3,(H,23,28)(H,22,24,25,26).